The number of aromatic amines is 1. The summed E-state index contributed by atoms with van der Waals surface area (Å²) in [4.78, 5) is 28.9. The highest BCUT2D eigenvalue weighted by molar-refractivity contribution is 7.19. The monoisotopic (exact) mass is 342 g/mol. The summed E-state index contributed by atoms with van der Waals surface area (Å²) in [6.07, 6.45) is 0. The zero-order valence-electron chi connectivity index (χ0n) is 13.9. The molecule has 0 bridgehead atoms. The number of esters is 1. The number of thiophene rings is 1. The van der Waals surface area contributed by atoms with Crippen LogP contribution in [0.3, 0.4) is 0 Å². The fourth-order valence-electron chi connectivity index (χ4n) is 2.72. The molecule has 0 fully saturated rings. The van der Waals surface area contributed by atoms with Crippen molar-refractivity contribution in [1.29, 1.82) is 0 Å². The van der Waals surface area contributed by atoms with Crippen LogP contribution in [0.4, 0.5) is 5.69 Å². The van der Waals surface area contributed by atoms with Gasteiger partial charge < -0.3 is 15.0 Å². The van der Waals surface area contributed by atoms with Crippen molar-refractivity contribution in [2.24, 2.45) is 0 Å². The normalized spacial score (nSPS) is 10.8. The number of aryl methyl sites for hydroxylation is 3. The summed E-state index contributed by atoms with van der Waals surface area (Å²) in [6, 6.07) is 6.81. The number of amides is 1. The number of methoxy groups -OCH3 is 1. The van der Waals surface area contributed by atoms with E-state index in [9.17, 15) is 9.59 Å². The Kier molecular flexibility index (Phi) is 4.15. The Labute approximate surface area is 143 Å². The van der Waals surface area contributed by atoms with Crippen LogP contribution in [0.2, 0.25) is 0 Å². The number of aromatic nitrogens is 1. The lowest BCUT2D eigenvalue weighted by atomic mass is 10.1. The van der Waals surface area contributed by atoms with Gasteiger partial charge in [-0.2, -0.15) is 0 Å². The summed E-state index contributed by atoms with van der Waals surface area (Å²) in [6.45, 7) is 5.96. The summed E-state index contributed by atoms with van der Waals surface area (Å²) < 4.78 is 5.86. The van der Waals surface area contributed by atoms with E-state index < -0.39 is 5.97 Å². The molecule has 0 aliphatic heterocycles. The molecule has 0 aliphatic rings. The van der Waals surface area contributed by atoms with Crippen LogP contribution in [0.25, 0.3) is 10.2 Å². The highest BCUT2D eigenvalue weighted by atomic mass is 32.1. The lowest BCUT2D eigenvalue weighted by Gasteiger charge is -2.09. The molecule has 24 heavy (non-hydrogen) atoms. The fraction of sp³-hybridized carbons (Fsp3) is 0.222. The van der Waals surface area contributed by atoms with Crippen LogP contribution in [-0.4, -0.2) is 24.0 Å². The van der Waals surface area contributed by atoms with Gasteiger partial charge in [0.25, 0.3) is 5.91 Å². The first-order chi connectivity index (χ1) is 11.4. The van der Waals surface area contributed by atoms with Gasteiger partial charge in [-0.15, -0.1) is 11.3 Å². The Bertz CT molecular complexity index is 953. The molecule has 2 N–H and O–H groups in total. The lowest BCUT2D eigenvalue weighted by Crippen LogP contribution is -2.16. The first-order valence-electron chi connectivity index (χ1n) is 7.51. The molecule has 6 heteroatoms. The number of ether oxygens (including phenoxy) is 1. The maximum absolute atomic E-state index is 12.8. The van der Waals surface area contributed by atoms with E-state index in [1.54, 1.807) is 35.6 Å². The predicted molar refractivity (Wildman–Crippen MR) is 96.1 cm³/mol. The summed E-state index contributed by atoms with van der Waals surface area (Å²) in [5, 5.41) is 2.84. The minimum absolute atomic E-state index is 0.239. The average molecular weight is 342 g/mol. The number of hydrogen-bond donors (Lipinski definition) is 2. The molecule has 2 heterocycles. The number of anilines is 1. The van der Waals surface area contributed by atoms with E-state index in [1.807, 2.05) is 20.8 Å². The largest absolute Gasteiger partial charge is 0.465 e. The lowest BCUT2D eigenvalue weighted by molar-refractivity contribution is 0.0602. The van der Waals surface area contributed by atoms with Crippen molar-refractivity contribution in [3.05, 3.63) is 51.5 Å². The molecule has 0 unspecified atom stereocenters. The summed E-state index contributed by atoms with van der Waals surface area (Å²) >= 11 is 1.60. The second-order valence-electron chi connectivity index (χ2n) is 5.60. The molecule has 1 amide bonds. The number of benzene rings is 1. The SMILES string of the molecule is COC(=O)c1ccccc1NC(=O)c1c(C)sc2c(C)c(C)[nH]c12. The second kappa shape index (κ2) is 6.13. The van der Waals surface area contributed by atoms with E-state index >= 15 is 0 Å². The number of para-hydroxylation sites is 1. The van der Waals surface area contributed by atoms with Crippen LogP contribution in [0, 0.1) is 20.8 Å². The number of rotatable bonds is 3. The van der Waals surface area contributed by atoms with E-state index in [4.69, 9.17) is 4.74 Å². The molecular formula is C18H18N2O3S. The van der Waals surface area contributed by atoms with Crippen molar-refractivity contribution >= 4 is 39.1 Å². The maximum Gasteiger partial charge on any atom is 0.339 e. The fourth-order valence-corrected chi connectivity index (χ4v) is 3.88. The Morgan fingerprint density at radius 1 is 1.17 bits per heavy atom. The minimum Gasteiger partial charge on any atom is -0.465 e. The highest BCUT2D eigenvalue weighted by Crippen LogP contribution is 2.34. The molecule has 0 radical (unpaired) electrons. The molecule has 3 rings (SSSR count). The molecule has 124 valence electrons. The Morgan fingerprint density at radius 3 is 2.58 bits per heavy atom. The zero-order chi connectivity index (χ0) is 17.4. The third-order valence-electron chi connectivity index (χ3n) is 4.11. The van der Waals surface area contributed by atoms with Gasteiger partial charge in [-0.05, 0) is 38.5 Å². The first kappa shape index (κ1) is 16.3. The Balaban J connectivity index is 2.01. The molecule has 5 nitrogen and oxygen atoms in total. The van der Waals surface area contributed by atoms with Crippen molar-refractivity contribution < 1.29 is 14.3 Å². The summed E-state index contributed by atoms with van der Waals surface area (Å²) in [5.41, 5.74) is 4.45. The van der Waals surface area contributed by atoms with Crippen molar-refractivity contribution in [3.8, 4) is 0 Å². The minimum atomic E-state index is -0.482. The average Bonchev–Trinajstić information content (AvgIpc) is 3.02. The van der Waals surface area contributed by atoms with Crippen molar-refractivity contribution in [2.75, 3.05) is 12.4 Å². The van der Waals surface area contributed by atoms with Crippen LogP contribution in [0.1, 0.15) is 36.9 Å². The van der Waals surface area contributed by atoms with Crippen molar-refractivity contribution in [1.82, 2.24) is 4.98 Å². The predicted octanol–water partition coefficient (Wildman–Crippen LogP) is 4.19. The number of carbonyl (C=O) groups is 2. The van der Waals surface area contributed by atoms with Gasteiger partial charge >= 0.3 is 5.97 Å². The van der Waals surface area contributed by atoms with E-state index in [0.717, 1.165) is 26.4 Å². The highest BCUT2D eigenvalue weighted by Gasteiger charge is 2.22. The molecule has 0 spiro atoms. The van der Waals surface area contributed by atoms with Gasteiger partial charge in [0.1, 0.15) is 0 Å². The number of nitrogens with one attached hydrogen (secondary N) is 2. The summed E-state index contributed by atoms with van der Waals surface area (Å²) in [7, 11) is 1.32. The van der Waals surface area contributed by atoms with Crippen LogP contribution < -0.4 is 5.32 Å². The molecule has 1 aromatic carbocycles. The number of carbonyl (C=O) groups excluding carboxylic acids is 2. The third kappa shape index (κ3) is 2.59. The molecule has 0 saturated carbocycles. The van der Waals surface area contributed by atoms with Crippen molar-refractivity contribution in [2.45, 2.75) is 20.8 Å². The van der Waals surface area contributed by atoms with Gasteiger partial charge in [0.05, 0.1) is 34.1 Å². The van der Waals surface area contributed by atoms with Gasteiger partial charge in [-0.1, -0.05) is 12.1 Å². The van der Waals surface area contributed by atoms with Crippen LogP contribution in [0.15, 0.2) is 24.3 Å². The molecule has 0 saturated heterocycles. The standard InChI is InChI=1S/C18H18N2O3S/c1-9-10(2)19-15-14(11(3)24-16(9)15)17(21)20-13-8-6-5-7-12(13)18(22)23-4/h5-8,19H,1-4H3,(H,20,21). The van der Waals surface area contributed by atoms with Crippen LogP contribution in [-0.2, 0) is 4.74 Å². The van der Waals surface area contributed by atoms with Gasteiger partial charge in [0, 0.05) is 10.6 Å². The Hall–Kier alpha value is -2.60. The van der Waals surface area contributed by atoms with Crippen LogP contribution in [0.5, 0.6) is 0 Å². The molecule has 0 atom stereocenters. The van der Waals surface area contributed by atoms with Gasteiger partial charge in [-0.25, -0.2) is 4.79 Å². The topological polar surface area (TPSA) is 71.2 Å². The molecule has 0 aliphatic carbocycles. The van der Waals surface area contributed by atoms with Crippen molar-refractivity contribution in [3.63, 3.8) is 0 Å². The number of hydrogen-bond acceptors (Lipinski definition) is 4. The second-order valence-corrected chi connectivity index (χ2v) is 6.83. The molecule has 2 aromatic heterocycles. The Morgan fingerprint density at radius 2 is 1.88 bits per heavy atom. The van der Waals surface area contributed by atoms with E-state index in [0.29, 0.717) is 16.8 Å². The molecular weight excluding hydrogens is 324 g/mol. The van der Waals surface area contributed by atoms with Gasteiger partial charge in [0.2, 0.25) is 0 Å². The zero-order valence-corrected chi connectivity index (χ0v) is 14.8. The first-order valence-corrected chi connectivity index (χ1v) is 8.32. The van der Waals surface area contributed by atoms with Gasteiger partial charge in [-0.3, -0.25) is 4.79 Å². The number of H-pyrrole nitrogens is 1. The van der Waals surface area contributed by atoms with Crippen LogP contribution >= 0.6 is 11.3 Å². The van der Waals surface area contributed by atoms with E-state index in [1.165, 1.54) is 7.11 Å². The summed E-state index contributed by atoms with van der Waals surface area (Å²) in [5.74, 6) is -0.721. The van der Waals surface area contributed by atoms with E-state index in [-0.39, 0.29) is 5.91 Å². The van der Waals surface area contributed by atoms with Gasteiger partial charge in [0.15, 0.2) is 0 Å². The molecule has 3 aromatic rings. The maximum atomic E-state index is 12.8. The van der Waals surface area contributed by atoms with E-state index in [2.05, 4.69) is 10.3 Å². The third-order valence-corrected chi connectivity index (χ3v) is 5.33. The smallest absolute Gasteiger partial charge is 0.339 e. The number of fused-ring (bicyclic) bond motifs is 1. The quantitative estimate of drug-likeness (QED) is 0.701.